The first-order valence-corrected chi connectivity index (χ1v) is 7.11. The number of hydrogen-bond acceptors (Lipinski definition) is 4. The molecule has 0 bridgehead atoms. The molecule has 20 heavy (non-hydrogen) atoms. The molecule has 1 amide bonds. The molecular formula is C15H17NO3S. The van der Waals surface area contributed by atoms with Gasteiger partial charge in [-0.25, -0.2) is 5.48 Å². The van der Waals surface area contributed by atoms with Crippen LogP contribution < -0.4 is 10.2 Å². The van der Waals surface area contributed by atoms with E-state index in [-0.39, 0.29) is 11.8 Å². The number of hydroxylamine groups is 1. The molecule has 1 aromatic heterocycles. The Balaban J connectivity index is 2.22. The molecule has 0 radical (unpaired) electrons. The van der Waals surface area contributed by atoms with E-state index >= 15 is 0 Å². The van der Waals surface area contributed by atoms with Crippen LogP contribution in [0.15, 0.2) is 41.8 Å². The summed E-state index contributed by atoms with van der Waals surface area (Å²) >= 11 is 1.64. The molecule has 2 aromatic rings. The highest BCUT2D eigenvalue weighted by Crippen LogP contribution is 2.25. The SMILES string of the molecule is CONC(=O)C(Cc1cccs1)c1ccc(OC)cc1. The van der Waals surface area contributed by atoms with Crippen LogP contribution in [0.3, 0.4) is 0 Å². The summed E-state index contributed by atoms with van der Waals surface area (Å²) in [7, 11) is 3.06. The van der Waals surface area contributed by atoms with Crippen molar-refractivity contribution < 1.29 is 14.4 Å². The standard InChI is InChI=1S/C15H17NO3S/c1-18-12-7-5-11(6-8-12)14(15(17)16-19-2)10-13-4-3-9-20-13/h3-9,14H,10H2,1-2H3,(H,16,17). The second kappa shape index (κ2) is 7.07. The second-order valence-corrected chi connectivity index (χ2v) is 5.31. The van der Waals surface area contributed by atoms with Crippen molar-refractivity contribution in [1.29, 1.82) is 0 Å². The molecule has 0 aliphatic carbocycles. The third-order valence-electron chi connectivity index (χ3n) is 3.02. The zero-order valence-corrected chi connectivity index (χ0v) is 12.3. The maximum absolute atomic E-state index is 12.2. The monoisotopic (exact) mass is 291 g/mol. The van der Waals surface area contributed by atoms with E-state index in [1.54, 1.807) is 18.4 Å². The van der Waals surface area contributed by atoms with Gasteiger partial charge in [0.1, 0.15) is 5.75 Å². The van der Waals surface area contributed by atoms with Crippen molar-refractivity contribution in [2.24, 2.45) is 0 Å². The summed E-state index contributed by atoms with van der Waals surface area (Å²) in [5, 5.41) is 2.01. The summed E-state index contributed by atoms with van der Waals surface area (Å²) in [5.41, 5.74) is 3.36. The van der Waals surface area contributed by atoms with Crippen LogP contribution in [0.2, 0.25) is 0 Å². The summed E-state index contributed by atoms with van der Waals surface area (Å²) in [4.78, 5) is 18.1. The summed E-state index contributed by atoms with van der Waals surface area (Å²) in [6.45, 7) is 0. The molecule has 0 saturated carbocycles. The van der Waals surface area contributed by atoms with Gasteiger partial charge in [-0.05, 0) is 35.6 Å². The van der Waals surface area contributed by atoms with Crippen molar-refractivity contribution >= 4 is 17.2 Å². The lowest BCUT2D eigenvalue weighted by Crippen LogP contribution is -2.29. The predicted molar refractivity (Wildman–Crippen MR) is 78.9 cm³/mol. The number of carbonyl (C=O) groups excluding carboxylic acids is 1. The van der Waals surface area contributed by atoms with E-state index in [2.05, 4.69) is 5.48 Å². The van der Waals surface area contributed by atoms with Crippen molar-refractivity contribution in [1.82, 2.24) is 5.48 Å². The largest absolute Gasteiger partial charge is 0.497 e. The summed E-state index contributed by atoms with van der Waals surface area (Å²) in [6, 6.07) is 11.5. The van der Waals surface area contributed by atoms with Crippen molar-refractivity contribution in [3.8, 4) is 5.75 Å². The van der Waals surface area contributed by atoms with Gasteiger partial charge in [-0.15, -0.1) is 11.3 Å². The van der Waals surface area contributed by atoms with E-state index in [0.717, 1.165) is 16.2 Å². The number of thiophene rings is 1. The first kappa shape index (κ1) is 14.6. The van der Waals surface area contributed by atoms with Crippen LogP contribution in [0.25, 0.3) is 0 Å². The van der Waals surface area contributed by atoms with E-state index in [4.69, 9.17) is 9.57 Å². The second-order valence-electron chi connectivity index (χ2n) is 4.28. The minimum atomic E-state index is -0.278. The number of rotatable bonds is 6. The third-order valence-corrected chi connectivity index (χ3v) is 3.92. The predicted octanol–water partition coefficient (Wildman–Crippen LogP) is 2.76. The Morgan fingerprint density at radius 3 is 2.55 bits per heavy atom. The molecule has 0 saturated heterocycles. The fraction of sp³-hybridized carbons (Fsp3) is 0.267. The molecule has 0 aliphatic rings. The van der Waals surface area contributed by atoms with E-state index in [1.165, 1.54) is 7.11 Å². The van der Waals surface area contributed by atoms with Crippen molar-refractivity contribution in [3.05, 3.63) is 52.2 Å². The van der Waals surface area contributed by atoms with Gasteiger partial charge in [0.2, 0.25) is 0 Å². The Morgan fingerprint density at radius 1 is 1.25 bits per heavy atom. The molecule has 0 fully saturated rings. The lowest BCUT2D eigenvalue weighted by molar-refractivity contribution is -0.132. The number of benzene rings is 1. The van der Waals surface area contributed by atoms with Crippen LogP contribution in [0.1, 0.15) is 16.4 Å². The lowest BCUT2D eigenvalue weighted by Gasteiger charge is -2.16. The van der Waals surface area contributed by atoms with Gasteiger partial charge in [0.15, 0.2) is 0 Å². The molecule has 4 nitrogen and oxygen atoms in total. The maximum atomic E-state index is 12.2. The van der Waals surface area contributed by atoms with E-state index in [0.29, 0.717) is 6.42 Å². The lowest BCUT2D eigenvalue weighted by atomic mass is 9.94. The quantitative estimate of drug-likeness (QED) is 0.833. The molecular weight excluding hydrogens is 274 g/mol. The molecule has 1 atom stereocenters. The molecule has 0 spiro atoms. The van der Waals surface area contributed by atoms with Crippen molar-refractivity contribution in [3.63, 3.8) is 0 Å². The fourth-order valence-corrected chi connectivity index (χ4v) is 2.75. The van der Waals surface area contributed by atoms with Crippen LogP contribution in [0.4, 0.5) is 0 Å². The number of nitrogens with one attached hydrogen (secondary N) is 1. The average molecular weight is 291 g/mol. The number of ether oxygens (including phenoxy) is 1. The van der Waals surface area contributed by atoms with E-state index < -0.39 is 0 Å². The zero-order chi connectivity index (χ0) is 14.4. The van der Waals surface area contributed by atoms with Gasteiger partial charge < -0.3 is 4.74 Å². The number of hydrogen-bond donors (Lipinski definition) is 1. The van der Waals surface area contributed by atoms with Crippen LogP contribution in [-0.4, -0.2) is 20.1 Å². The van der Waals surface area contributed by atoms with Gasteiger partial charge in [0, 0.05) is 4.88 Å². The van der Waals surface area contributed by atoms with Gasteiger partial charge in [-0.2, -0.15) is 0 Å². The molecule has 0 aliphatic heterocycles. The van der Waals surface area contributed by atoms with Gasteiger partial charge >= 0.3 is 0 Å². The van der Waals surface area contributed by atoms with Gasteiger partial charge in [-0.1, -0.05) is 18.2 Å². The first-order chi connectivity index (χ1) is 9.74. The Kier molecular flexibility index (Phi) is 5.15. The highest BCUT2D eigenvalue weighted by molar-refractivity contribution is 7.09. The van der Waals surface area contributed by atoms with Gasteiger partial charge in [-0.3, -0.25) is 9.63 Å². The van der Waals surface area contributed by atoms with E-state index in [9.17, 15) is 4.79 Å². The summed E-state index contributed by atoms with van der Waals surface area (Å²) < 4.78 is 5.14. The number of carbonyl (C=O) groups is 1. The third kappa shape index (κ3) is 3.59. The topological polar surface area (TPSA) is 47.6 Å². The molecule has 1 N–H and O–H groups in total. The summed E-state index contributed by atoms with van der Waals surface area (Å²) in [6.07, 6.45) is 0.652. The Morgan fingerprint density at radius 2 is 2.00 bits per heavy atom. The Bertz CT molecular complexity index is 537. The smallest absolute Gasteiger partial charge is 0.251 e. The van der Waals surface area contributed by atoms with Crippen LogP contribution in [0, 0.1) is 0 Å². The van der Waals surface area contributed by atoms with Gasteiger partial charge in [0.25, 0.3) is 5.91 Å². The van der Waals surface area contributed by atoms with Crippen molar-refractivity contribution in [2.75, 3.05) is 14.2 Å². The fourth-order valence-electron chi connectivity index (χ4n) is 2.00. The highest BCUT2D eigenvalue weighted by atomic mass is 32.1. The van der Waals surface area contributed by atoms with E-state index in [1.807, 2.05) is 41.8 Å². The molecule has 2 rings (SSSR count). The van der Waals surface area contributed by atoms with Gasteiger partial charge in [0.05, 0.1) is 20.1 Å². The van der Waals surface area contributed by atoms with Crippen molar-refractivity contribution in [2.45, 2.75) is 12.3 Å². The highest BCUT2D eigenvalue weighted by Gasteiger charge is 2.21. The average Bonchev–Trinajstić information content (AvgIpc) is 2.98. The number of amides is 1. The Hall–Kier alpha value is -1.85. The molecule has 106 valence electrons. The molecule has 1 aromatic carbocycles. The minimum absolute atomic E-state index is 0.147. The molecule has 1 heterocycles. The zero-order valence-electron chi connectivity index (χ0n) is 11.5. The minimum Gasteiger partial charge on any atom is -0.497 e. The number of methoxy groups -OCH3 is 1. The summed E-state index contributed by atoms with van der Waals surface area (Å²) in [5.74, 6) is 0.348. The first-order valence-electron chi connectivity index (χ1n) is 6.23. The molecule has 1 unspecified atom stereocenters. The Labute approximate surface area is 122 Å². The van der Waals surface area contributed by atoms with Crippen LogP contribution >= 0.6 is 11.3 Å². The molecule has 5 heteroatoms. The van der Waals surface area contributed by atoms with Crippen LogP contribution in [0.5, 0.6) is 5.75 Å². The maximum Gasteiger partial charge on any atom is 0.251 e. The normalized spacial score (nSPS) is 11.9. The van der Waals surface area contributed by atoms with Crippen LogP contribution in [-0.2, 0) is 16.1 Å².